The van der Waals surface area contributed by atoms with Crippen LogP contribution in [-0.2, 0) is 4.79 Å². The minimum atomic E-state index is 0.0436. The Morgan fingerprint density at radius 3 is 2.89 bits per heavy atom. The minimum Gasteiger partial charge on any atom is -0.370 e. The van der Waals surface area contributed by atoms with Crippen LogP contribution >= 0.6 is 0 Å². The fraction of sp³-hybridized carbons (Fsp3) is 0.538. The van der Waals surface area contributed by atoms with Gasteiger partial charge in [-0.25, -0.2) is 4.98 Å². The first-order valence-electron chi connectivity index (χ1n) is 6.30. The summed E-state index contributed by atoms with van der Waals surface area (Å²) in [6.45, 7) is 3.69. The van der Waals surface area contributed by atoms with Gasteiger partial charge in [0.15, 0.2) is 0 Å². The molecule has 1 rings (SSSR count). The molecule has 5 nitrogen and oxygen atoms in total. The van der Waals surface area contributed by atoms with Crippen LogP contribution in [0.15, 0.2) is 18.2 Å². The number of amides is 1. The first kappa shape index (κ1) is 14.3. The number of rotatable bonds is 7. The van der Waals surface area contributed by atoms with Crippen LogP contribution in [-0.4, -0.2) is 38.1 Å². The lowest BCUT2D eigenvalue weighted by Crippen LogP contribution is -2.26. The maximum atomic E-state index is 11.2. The molecule has 0 bridgehead atoms. The summed E-state index contributed by atoms with van der Waals surface area (Å²) in [6, 6.07) is 5.86. The first-order valence-corrected chi connectivity index (χ1v) is 6.30. The standard InChI is InChI=1S/C13H22N4O/c1-4-9-15-11-6-5-7-12(16-11)17(3)10-8-13(18)14-2/h5-7H,4,8-10H2,1-3H3,(H,14,18)(H,15,16). The molecule has 0 spiro atoms. The van der Waals surface area contributed by atoms with Crippen molar-refractivity contribution in [2.45, 2.75) is 19.8 Å². The second-order valence-electron chi connectivity index (χ2n) is 4.15. The van der Waals surface area contributed by atoms with E-state index >= 15 is 0 Å². The molecule has 5 heteroatoms. The van der Waals surface area contributed by atoms with Crippen LogP contribution in [0.4, 0.5) is 11.6 Å². The van der Waals surface area contributed by atoms with Crippen molar-refractivity contribution in [1.82, 2.24) is 10.3 Å². The summed E-state index contributed by atoms with van der Waals surface area (Å²) >= 11 is 0. The van der Waals surface area contributed by atoms with Crippen LogP contribution in [0.3, 0.4) is 0 Å². The van der Waals surface area contributed by atoms with E-state index in [4.69, 9.17) is 0 Å². The van der Waals surface area contributed by atoms with E-state index in [1.54, 1.807) is 7.05 Å². The predicted molar refractivity (Wildman–Crippen MR) is 75.0 cm³/mol. The Kier molecular flexibility index (Phi) is 5.97. The van der Waals surface area contributed by atoms with E-state index in [0.717, 1.165) is 24.6 Å². The number of hydrogen-bond donors (Lipinski definition) is 2. The molecule has 0 aliphatic rings. The van der Waals surface area contributed by atoms with Gasteiger partial charge in [0.1, 0.15) is 11.6 Å². The number of nitrogens with one attached hydrogen (secondary N) is 2. The Morgan fingerprint density at radius 1 is 1.44 bits per heavy atom. The van der Waals surface area contributed by atoms with Crippen LogP contribution in [0.2, 0.25) is 0 Å². The Morgan fingerprint density at radius 2 is 2.22 bits per heavy atom. The van der Waals surface area contributed by atoms with Gasteiger partial charge >= 0.3 is 0 Å². The average Bonchev–Trinajstić information content (AvgIpc) is 2.42. The lowest BCUT2D eigenvalue weighted by Gasteiger charge is -2.18. The molecular weight excluding hydrogens is 228 g/mol. The maximum absolute atomic E-state index is 11.2. The zero-order valence-corrected chi connectivity index (χ0v) is 11.4. The molecule has 0 aliphatic heterocycles. The predicted octanol–water partition coefficient (Wildman–Crippen LogP) is 1.48. The topological polar surface area (TPSA) is 57.3 Å². The Hall–Kier alpha value is -1.78. The highest BCUT2D eigenvalue weighted by Crippen LogP contribution is 2.13. The maximum Gasteiger partial charge on any atom is 0.221 e. The lowest BCUT2D eigenvalue weighted by atomic mass is 10.3. The van der Waals surface area contributed by atoms with E-state index in [1.165, 1.54) is 0 Å². The fourth-order valence-corrected chi connectivity index (χ4v) is 1.50. The van der Waals surface area contributed by atoms with E-state index in [2.05, 4.69) is 22.5 Å². The molecule has 0 aliphatic carbocycles. The second kappa shape index (κ2) is 7.53. The molecule has 0 saturated heterocycles. The zero-order chi connectivity index (χ0) is 13.4. The van der Waals surface area contributed by atoms with Crippen molar-refractivity contribution >= 4 is 17.5 Å². The Bertz CT molecular complexity index is 381. The molecule has 1 aromatic heterocycles. The summed E-state index contributed by atoms with van der Waals surface area (Å²) < 4.78 is 0. The molecule has 0 aromatic carbocycles. The van der Waals surface area contributed by atoms with Crippen LogP contribution in [0.5, 0.6) is 0 Å². The van der Waals surface area contributed by atoms with E-state index in [0.29, 0.717) is 13.0 Å². The molecule has 0 atom stereocenters. The van der Waals surface area contributed by atoms with Crippen LogP contribution in [0.25, 0.3) is 0 Å². The quantitative estimate of drug-likeness (QED) is 0.769. The monoisotopic (exact) mass is 250 g/mol. The van der Waals surface area contributed by atoms with Gasteiger partial charge in [-0.2, -0.15) is 0 Å². The number of carbonyl (C=O) groups is 1. The van der Waals surface area contributed by atoms with E-state index in [-0.39, 0.29) is 5.91 Å². The summed E-state index contributed by atoms with van der Waals surface area (Å²) in [5, 5.41) is 5.86. The number of aromatic nitrogens is 1. The first-order chi connectivity index (χ1) is 8.67. The molecule has 0 unspecified atom stereocenters. The van der Waals surface area contributed by atoms with Crippen LogP contribution in [0.1, 0.15) is 19.8 Å². The van der Waals surface area contributed by atoms with Crippen LogP contribution in [0, 0.1) is 0 Å². The fourth-order valence-electron chi connectivity index (χ4n) is 1.50. The summed E-state index contributed by atoms with van der Waals surface area (Å²) in [4.78, 5) is 17.7. The zero-order valence-electron chi connectivity index (χ0n) is 11.4. The van der Waals surface area contributed by atoms with E-state index in [1.807, 2.05) is 30.1 Å². The summed E-state index contributed by atoms with van der Waals surface area (Å²) in [7, 11) is 3.59. The molecule has 0 saturated carbocycles. The van der Waals surface area contributed by atoms with E-state index in [9.17, 15) is 4.79 Å². The van der Waals surface area contributed by atoms with Crippen molar-refractivity contribution in [3.05, 3.63) is 18.2 Å². The van der Waals surface area contributed by atoms with Gasteiger partial charge in [0, 0.05) is 33.6 Å². The second-order valence-corrected chi connectivity index (χ2v) is 4.15. The molecule has 100 valence electrons. The van der Waals surface area contributed by atoms with Crippen molar-refractivity contribution in [3.63, 3.8) is 0 Å². The lowest BCUT2D eigenvalue weighted by molar-refractivity contribution is -0.120. The van der Waals surface area contributed by atoms with Crippen LogP contribution < -0.4 is 15.5 Å². The van der Waals surface area contributed by atoms with Crippen molar-refractivity contribution in [2.75, 3.05) is 37.4 Å². The normalized spacial score (nSPS) is 9.94. The smallest absolute Gasteiger partial charge is 0.221 e. The van der Waals surface area contributed by atoms with Gasteiger partial charge in [-0.3, -0.25) is 4.79 Å². The van der Waals surface area contributed by atoms with Gasteiger partial charge in [0.25, 0.3) is 0 Å². The molecule has 18 heavy (non-hydrogen) atoms. The third-order valence-corrected chi connectivity index (χ3v) is 2.63. The number of pyridine rings is 1. The summed E-state index contributed by atoms with van der Waals surface area (Å²) in [5.41, 5.74) is 0. The number of anilines is 2. The van der Waals surface area contributed by atoms with Gasteiger partial charge < -0.3 is 15.5 Å². The summed E-state index contributed by atoms with van der Waals surface area (Å²) in [6.07, 6.45) is 1.54. The minimum absolute atomic E-state index is 0.0436. The highest BCUT2D eigenvalue weighted by atomic mass is 16.1. The third-order valence-electron chi connectivity index (χ3n) is 2.63. The van der Waals surface area contributed by atoms with Gasteiger partial charge in [-0.1, -0.05) is 13.0 Å². The van der Waals surface area contributed by atoms with E-state index < -0.39 is 0 Å². The summed E-state index contributed by atoms with van der Waals surface area (Å²) in [5.74, 6) is 1.79. The molecule has 1 heterocycles. The molecule has 1 aromatic rings. The van der Waals surface area contributed by atoms with Crippen molar-refractivity contribution in [2.24, 2.45) is 0 Å². The molecule has 0 fully saturated rings. The SMILES string of the molecule is CCCNc1cccc(N(C)CCC(=O)NC)n1. The van der Waals surface area contributed by atoms with Crippen molar-refractivity contribution in [3.8, 4) is 0 Å². The Balaban J connectivity index is 2.56. The number of carbonyl (C=O) groups excluding carboxylic acids is 1. The van der Waals surface area contributed by atoms with Gasteiger partial charge in [0.05, 0.1) is 0 Å². The number of hydrogen-bond acceptors (Lipinski definition) is 4. The molecule has 2 N–H and O–H groups in total. The molecule has 0 radical (unpaired) electrons. The molecular formula is C13H22N4O. The molecule has 1 amide bonds. The van der Waals surface area contributed by atoms with Crippen molar-refractivity contribution < 1.29 is 4.79 Å². The Labute approximate surface area is 109 Å². The third kappa shape index (κ3) is 4.61. The van der Waals surface area contributed by atoms with Crippen molar-refractivity contribution in [1.29, 1.82) is 0 Å². The average molecular weight is 250 g/mol. The highest BCUT2D eigenvalue weighted by molar-refractivity contribution is 5.76. The largest absolute Gasteiger partial charge is 0.370 e. The van der Waals surface area contributed by atoms with Gasteiger partial charge in [0.2, 0.25) is 5.91 Å². The number of nitrogens with zero attached hydrogens (tertiary/aromatic N) is 2. The highest BCUT2D eigenvalue weighted by Gasteiger charge is 2.05. The van der Waals surface area contributed by atoms with Gasteiger partial charge in [-0.05, 0) is 18.6 Å². The van der Waals surface area contributed by atoms with Gasteiger partial charge in [-0.15, -0.1) is 0 Å².